The van der Waals surface area contributed by atoms with Crippen molar-refractivity contribution in [3.63, 3.8) is 0 Å². The van der Waals surface area contributed by atoms with E-state index in [9.17, 15) is 4.39 Å². The van der Waals surface area contributed by atoms with Crippen LogP contribution in [-0.2, 0) is 13.6 Å². The van der Waals surface area contributed by atoms with Gasteiger partial charge in [-0.3, -0.25) is 0 Å². The van der Waals surface area contributed by atoms with Crippen molar-refractivity contribution in [2.45, 2.75) is 6.54 Å². The lowest BCUT2D eigenvalue weighted by Gasteiger charge is -2.08. The van der Waals surface area contributed by atoms with Crippen molar-refractivity contribution in [2.75, 3.05) is 5.32 Å². The van der Waals surface area contributed by atoms with E-state index in [0.717, 1.165) is 21.3 Å². The standard InChI is InChI=1S/C15H13BrFN3/c1-20-14-5-3-2-4-13(14)19-15(20)9-18-12-7-6-10(16)8-11(12)17/h2-8,18H,9H2,1H3. The maximum atomic E-state index is 13.7. The molecule has 0 bridgehead atoms. The summed E-state index contributed by atoms with van der Waals surface area (Å²) in [6, 6.07) is 12.9. The highest BCUT2D eigenvalue weighted by molar-refractivity contribution is 9.10. The van der Waals surface area contributed by atoms with E-state index >= 15 is 0 Å². The van der Waals surface area contributed by atoms with Crippen LogP contribution in [0.25, 0.3) is 11.0 Å². The second kappa shape index (κ2) is 5.25. The van der Waals surface area contributed by atoms with Gasteiger partial charge in [0.25, 0.3) is 0 Å². The van der Waals surface area contributed by atoms with Crippen LogP contribution in [0.2, 0.25) is 0 Å². The van der Waals surface area contributed by atoms with Crippen LogP contribution in [0.4, 0.5) is 10.1 Å². The van der Waals surface area contributed by atoms with Crippen molar-refractivity contribution in [1.82, 2.24) is 9.55 Å². The first-order chi connectivity index (χ1) is 9.65. The fraction of sp³-hybridized carbons (Fsp3) is 0.133. The number of para-hydroxylation sites is 2. The predicted octanol–water partition coefficient (Wildman–Crippen LogP) is 4.09. The Morgan fingerprint density at radius 3 is 2.80 bits per heavy atom. The molecule has 5 heteroatoms. The molecule has 102 valence electrons. The van der Waals surface area contributed by atoms with Gasteiger partial charge in [-0.2, -0.15) is 0 Å². The van der Waals surface area contributed by atoms with E-state index in [1.807, 2.05) is 35.9 Å². The predicted molar refractivity (Wildman–Crippen MR) is 82.1 cm³/mol. The molecule has 0 saturated carbocycles. The molecule has 2 aromatic carbocycles. The summed E-state index contributed by atoms with van der Waals surface area (Å²) < 4.78 is 16.5. The highest BCUT2D eigenvalue weighted by atomic mass is 79.9. The molecule has 3 aromatic rings. The minimum Gasteiger partial charge on any atom is -0.375 e. The Kier molecular flexibility index (Phi) is 3.44. The largest absolute Gasteiger partial charge is 0.375 e. The van der Waals surface area contributed by atoms with Crippen molar-refractivity contribution in [1.29, 1.82) is 0 Å². The van der Waals surface area contributed by atoms with Gasteiger partial charge in [-0.25, -0.2) is 9.37 Å². The van der Waals surface area contributed by atoms with Crippen LogP contribution in [0, 0.1) is 5.82 Å². The fourth-order valence-corrected chi connectivity index (χ4v) is 2.49. The highest BCUT2D eigenvalue weighted by Crippen LogP contribution is 2.20. The third-order valence-electron chi connectivity index (χ3n) is 3.25. The van der Waals surface area contributed by atoms with Crippen molar-refractivity contribution >= 4 is 32.7 Å². The number of nitrogens with zero attached hydrogens (tertiary/aromatic N) is 2. The lowest BCUT2D eigenvalue weighted by Crippen LogP contribution is -2.07. The van der Waals surface area contributed by atoms with E-state index in [0.29, 0.717) is 12.2 Å². The summed E-state index contributed by atoms with van der Waals surface area (Å²) in [5.74, 6) is 0.589. The molecular formula is C15H13BrFN3. The van der Waals surface area contributed by atoms with E-state index in [1.165, 1.54) is 6.07 Å². The van der Waals surface area contributed by atoms with Crippen molar-refractivity contribution in [2.24, 2.45) is 7.05 Å². The number of nitrogens with one attached hydrogen (secondary N) is 1. The molecule has 0 unspecified atom stereocenters. The maximum absolute atomic E-state index is 13.7. The molecule has 0 atom stereocenters. The number of halogens is 2. The first-order valence-electron chi connectivity index (χ1n) is 6.24. The summed E-state index contributed by atoms with van der Waals surface area (Å²) in [7, 11) is 1.96. The first-order valence-corrected chi connectivity index (χ1v) is 7.04. The Morgan fingerprint density at radius 2 is 2.05 bits per heavy atom. The van der Waals surface area contributed by atoms with Crippen LogP contribution < -0.4 is 5.32 Å². The molecule has 0 amide bonds. The Bertz CT molecular complexity index is 767. The van der Waals surface area contributed by atoms with Gasteiger partial charge >= 0.3 is 0 Å². The molecule has 1 heterocycles. The molecule has 0 radical (unpaired) electrons. The molecular weight excluding hydrogens is 321 g/mol. The van der Waals surface area contributed by atoms with Gasteiger partial charge in [-0.15, -0.1) is 0 Å². The van der Waals surface area contributed by atoms with Crippen LogP contribution in [0.15, 0.2) is 46.9 Å². The number of hydrogen-bond acceptors (Lipinski definition) is 2. The van der Waals surface area contributed by atoms with Gasteiger partial charge in [0.15, 0.2) is 0 Å². The zero-order valence-electron chi connectivity index (χ0n) is 10.9. The zero-order chi connectivity index (χ0) is 14.1. The number of fused-ring (bicyclic) bond motifs is 1. The van der Waals surface area contributed by atoms with Gasteiger partial charge in [-0.05, 0) is 30.3 Å². The summed E-state index contributed by atoms with van der Waals surface area (Å²) in [6.45, 7) is 0.476. The Balaban J connectivity index is 1.85. The van der Waals surface area contributed by atoms with Crippen LogP contribution in [-0.4, -0.2) is 9.55 Å². The molecule has 0 aliphatic rings. The fourth-order valence-electron chi connectivity index (χ4n) is 2.16. The van der Waals surface area contributed by atoms with Crippen LogP contribution >= 0.6 is 15.9 Å². The molecule has 0 fully saturated rings. The lowest BCUT2D eigenvalue weighted by atomic mass is 10.3. The van der Waals surface area contributed by atoms with E-state index in [4.69, 9.17) is 0 Å². The maximum Gasteiger partial charge on any atom is 0.147 e. The number of rotatable bonds is 3. The zero-order valence-corrected chi connectivity index (χ0v) is 12.5. The number of aryl methyl sites for hydroxylation is 1. The summed E-state index contributed by atoms with van der Waals surface area (Å²) in [5, 5.41) is 3.08. The van der Waals surface area contributed by atoms with E-state index in [1.54, 1.807) is 12.1 Å². The third-order valence-corrected chi connectivity index (χ3v) is 3.74. The second-order valence-electron chi connectivity index (χ2n) is 4.55. The number of benzene rings is 2. The smallest absolute Gasteiger partial charge is 0.147 e. The van der Waals surface area contributed by atoms with Gasteiger partial charge < -0.3 is 9.88 Å². The van der Waals surface area contributed by atoms with Gasteiger partial charge in [0.1, 0.15) is 11.6 Å². The summed E-state index contributed by atoms with van der Waals surface area (Å²) in [5.41, 5.74) is 2.49. The van der Waals surface area contributed by atoms with Crippen LogP contribution in [0.5, 0.6) is 0 Å². The average Bonchev–Trinajstić information content (AvgIpc) is 2.75. The number of imidazole rings is 1. The molecule has 1 aromatic heterocycles. The van der Waals surface area contributed by atoms with Crippen LogP contribution in [0.3, 0.4) is 0 Å². The van der Waals surface area contributed by atoms with E-state index in [-0.39, 0.29) is 5.82 Å². The minimum absolute atomic E-state index is 0.280. The van der Waals surface area contributed by atoms with Crippen molar-refractivity contribution in [3.8, 4) is 0 Å². The average molecular weight is 334 g/mol. The highest BCUT2D eigenvalue weighted by Gasteiger charge is 2.08. The van der Waals surface area contributed by atoms with Crippen molar-refractivity contribution < 1.29 is 4.39 Å². The number of anilines is 1. The molecule has 0 saturated heterocycles. The topological polar surface area (TPSA) is 29.9 Å². The summed E-state index contributed by atoms with van der Waals surface area (Å²) in [6.07, 6.45) is 0. The Hall–Kier alpha value is -1.88. The second-order valence-corrected chi connectivity index (χ2v) is 5.47. The molecule has 20 heavy (non-hydrogen) atoms. The van der Waals surface area contributed by atoms with Crippen molar-refractivity contribution in [3.05, 3.63) is 58.6 Å². The van der Waals surface area contributed by atoms with Crippen LogP contribution in [0.1, 0.15) is 5.82 Å². The van der Waals surface area contributed by atoms with Gasteiger partial charge in [0.2, 0.25) is 0 Å². The summed E-state index contributed by atoms with van der Waals surface area (Å²) >= 11 is 3.24. The first kappa shape index (κ1) is 13.1. The Labute approximate surface area is 124 Å². The molecule has 1 N–H and O–H groups in total. The summed E-state index contributed by atoms with van der Waals surface area (Å²) in [4.78, 5) is 4.54. The van der Waals surface area contributed by atoms with Gasteiger partial charge in [0.05, 0.1) is 23.3 Å². The molecule has 0 aliphatic heterocycles. The number of aromatic nitrogens is 2. The molecule has 3 rings (SSSR count). The van der Waals surface area contributed by atoms with E-state index < -0.39 is 0 Å². The Morgan fingerprint density at radius 1 is 1.25 bits per heavy atom. The van der Waals surface area contributed by atoms with E-state index in [2.05, 4.69) is 26.2 Å². The minimum atomic E-state index is -0.280. The van der Waals surface area contributed by atoms with Gasteiger partial charge in [0, 0.05) is 11.5 Å². The third kappa shape index (κ3) is 2.41. The SMILES string of the molecule is Cn1c(CNc2ccc(Br)cc2F)nc2ccccc21. The number of hydrogen-bond donors (Lipinski definition) is 1. The monoisotopic (exact) mass is 333 g/mol. The molecule has 3 nitrogen and oxygen atoms in total. The molecule has 0 aliphatic carbocycles. The molecule has 0 spiro atoms. The normalized spacial score (nSPS) is 10.9. The quantitative estimate of drug-likeness (QED) is 0.782. The lowest BCUT2D eigenvalue weighted by molar-refractivity contribution is 0.628. The van der Waals surface area contributed by atoms with Gasteiger partial charge in [-0.1, -0.05) is 28.1 Å².